The normalized spacial score (nSPS) is 16.5. The molecule has 2 rings (SSSR count). The van der Waals surface area contributed by atoms with Crippen LogP contribution < -0.4 is 11.1 Å². The fourth-order valence-electron chi connectivity index (χ4n) is 2.05. The Morgan fingerprint density at radius 3 is 2.71 bits per heavy atom. The maximum atomic E-state index is 11.9. The van der Waals surface area contributed by atoms with Gasteiger partial charge in [0, 0.05) is 5.54 Å². The predicted octanol–water partition coefficient (Wildman–Crippen LogP) is 2.15. The van der Waals surface area contributed by atoms with Crippen molar-refractivity contribution in [1.29, 1.82) is 0 Å². The third-order valence-electron chi connectivity index (χ3n) is 3.37. The average Bonchev–Trinajstić information content (AvgIpc) is 2.23. The summed E-state index contributed by atoms with van der Waals surface area (Å²) in [5, 5.41) is 3.07. The molecule has 0 bridgehead atoms. The highest BCUT2D eigenvalue weighted by atomic mass is 35.5. The van der Waals surface area contributed by atoms with Crippen LogP contribution in [0.4, 0.5) is 5.82 Å². The fraction of sp³-hybridized carbons (Fsp3) is 0.500. The zero-order valence-corrected chi connectivity index (χ0v) is 10.7. The lowest BCUT2D eigenvalue weighted by Crippen LogP contribution is -2.53. The third kappa shape index (κ3) is 2.88. The topological polar surface area (TPSA) is 68.0 Å². The summed E-state index contributed by atoms with van der Waals surface area (Å²) in [4.78, 5) is 16.0. The summed E-state index contributed by atoms with van der Waals surface area (Å²) in [6, 6.07) is 5.11. The molecule has 1 amide bonds. The summed E-state index contributed by atoms with van der Waals surface area (Å²) in [7, 11) is 0. The molecule has 4 nitrogen and oxygen atoms in total. The first-order valence-corrected chi connectivity index (χ1v) is 5.70. The maximum absolute atomic E-state index is 11.9. The molecule has 1 aliphatic carbocycles. The van der Waals surface area contributed by atoms with Gasteiger partial charge in [0.2, 0.25) is 0 Å². The Bertz CT molecular complexity index is 399. The lowest BCUT2D eigenvalue weighted by Gasteiger charge is -2.41. The summed E-state index contributed by atoms with van der Waals surface area (Å²) in [5.41, 5.74) is 5.95. The fourth-order valence-corrected chi connectivity index (χ4v) is 2.05. The number of nitrogen functional groups attached to an aromatic ring is 1. The van der Waals surface area contributed by atoms with Crippen LogP contribution in [0.15, 0.2) is 18.2 Å². The van der Waals surface area contributed by atoms with Crippen LogP contribution in [0.3, 0.4) is 0 Å². The standard InChI is InChI=1S/C12H17N3O.ClH/c1-2-12(7-4-8-12)15-11(16)9-5-3-6-10(13)14-9;/h3,5-6H,2,4,7-8H2,1H3,(H2,13,14)(H,15,16);1H. The predicted molar refractivity (Wildman–Crippen MR) is 70.2 cm³/mol. The van der Waals surface area contributed by atoms with Crippen molar-refractivity contribution in [2.24, 2.45) is 0 Å². The summed E-state index contributed by atoms with van der Waals surface area (Å²) < 4.78 is 0. The van der Waals surface area contributed by atoms with Crippen molar-refractivity contribution in [2.45, 2.75) is 38.1 Å². The Kier molecular flexibility index (Phi) is 4.34. The molecule has 0 aromatic carbocycles. The summed E-state index contributed by atoms with van der Waals surface area (Å²) in [6.45, 7) is 2.10. The second-order valence-corrected chi connectivity index (χ2v) is 4.39. The van der Waals surface area contributed by atoms with Crippen LogP contribution in [0.1, 0.15) is 43.1 Å². The van der Waals surface area contributed by atoms with Crippen molar-refractivity contribution in [2.75, 3.05) is 5.73 Å². The van der Waals surface area contributed by atoms with E-state index >= 15 is 0 Å². The number of halogens is 1. The number of nitrogens with zero attached hydrogens (tertiary/aromatic N) is 1. The average molecular weight is 256 g/mol. The minimum absolute atomic E-state index is 0. The van der Waals surface area contributed by atoms with Crippen molar-refractivity contribution in [3.63, 3.8) is 0 Å². The van der Waals surface area contributed by atoms with Gasteiger partial charge in [-0.05, 0) is 37.8 Å². The van der Waals surface area contributed by atoms with Crippen LogP contribution in [0.2, 0.25) is 0 Å². The quantitative estimate of drug-likeness (QED) is 0.870. The molecular formula is C12H18ClN3O. The largest absolute Gasteiger partial charge is 0.384 e. The minimum Gasteiger partial charge on any atom is -0.384 e. The van der Waals surface area contributed by atoms with Crippen molar-refractivity contribution < 1.29 is 4.79 Å². The van der Waals surface area contributed by atoms with E-state index in [4.69, 9.17) is 5.73 Å². The van der Waals surface area contributed by atoms with Gasteiger partial charge >= 0.3 is 0 Å². The Hall–Kier alpha value is -1.29. The molecule has 0 saturated heterocycles. The molecule has 1 aromatic rings. The van der Waals surface area contributed by atoms with Gasteiger partial charge in [-0.1, -0.05) is 13.0 Å². The first-order chi connectivity index (χ1) is 7.65. The third-order valence-corrected chi connectivity index (χ3v) is 3.37. The first-order valence-electron chi connectivity index (χ1n) is 5.70. The van der Waals surface area contributed by atoms with Gasteiger partial charge in [-0.2, -0.15) is 0 Å². The Morgan fingerprint density at radius 1 is 1.53 bits per heavy atom. The van der Waals surface area contributed by atoms with Gasteiger partial charge in [0.05, 0.1) is 0 Å². The van der Waals surface area contributed by atoms with Gasteiger partial charge < -0.3 is 11.1 Å². The number of carbonyl (C=O) groups is 1. The van der Waals surface area contributed by atoms with E-state index in [1.54, 1.807) is 18.2 Å². The van der Waals surface area contributed by atoms with Crippen molar-refractivity contribution in [3.05, 3.63) is 23.9 Å². The van der Waals surface area contributed by atoms with Gasteiger partial charge in [-0.3, -0.25) is 4.79 Å². The number of aromatic nitrogens is 1. The van der Waals surface area contributed by atoms with Gasteiger partial charge in [0.25, 0.3) is 5.91 Å². The molecule has 1 aromatic heterocycles. The van der Waals surface area contributed by atoms with E-state index in [0.29, 0.717) is 11.5 Å². The van der Waals surface area contributed by atoms with Gasteiger partial charge in [0.1, 0.15) is 11.5 Å². The highest BCUT2D eigenvalue weighted by molar-refractivity contribution is 5.93. The summed E-state index contributed by atoms with van der Waals surface area (Å²) in [5.74, 6) is 0.264. The molecule has 5 heteroatoms. The first kappa shape index (κ1) is 13.8. The molecule has 17 heavy (non-hydrogen) atoms. The number of anilines is 1. The lowest BCUT2D eigenvalue weighted by molar-refractivity contribution is 0.0815. The van der Waals surface area contributed by atoms with Crippen LogP contribution in [0.25, 0.3) is 0 Å². The minimum atomic E-state index is -0.117. The molecule has 0 unspecified atom stereocenters. The monoisotopic (exact) mass is 255 g/mol. The van der Waals surface area contributed by atoms with Crippen molar-refractivity contribution in [1.82, 2.24) is 10.3 Å². The van der Waals surface area contributed by atoms with E-state index in [9.17, 15) is 4.79 Å². The second kappa shape index (κ2) is 5.36. The van der Waals surface area contributed by atoms with Crippen LogP contribution in [0.5, 0.6) is 0 Å². The smallest absolute Gasteiger partial charge is 0.270 e. The van der Waals surface area contributed by atoms with Crippen molar-refractivity contribution >= 4 is 24.1 Å². The second-order valence-electron chi connectivity index (χ2n) is 4.39. The summed E-state index contributed by atoms with van der Waals surface area (Å²) >= 11 is 0. The van der Waals surface area contributed by atoms with E-state index in [1.165, 1.54) is 6.42 Å². The SMILES string of the molecule is CCC1(NC(=O)c2cccc(N)n2)CCC1.Cl. The molecule has 1 saturated carbocycles. The van der Waals surface area contributed by atoms with Crippen LogP contribution in [0, 0.1) is 0 Å². The lowest BCUT2D eigenvalue weighted by atomic mass is 9.75. The molecule has 0 radical (unpaired) electrons. The number of hydrogen-bond donors (Lipinski definition) is 2. The highest BCUT2D eigenvalue weighted by Crippen LogP contribution is 2.34. The van der Waals surface area contributed by atoms with Gasteiger partial charge in [0.15, 0.2) is 0 Å². The number of rotatable bonds is 3. The van der Waals surface area contributed by atoms with E-state index in [1.807, 2.05) is 0 Å². The summed E-state index contributed by atoms with van der Waals surface area (Å²) in [6.07, 6.45) is 4.30. The van der Waals surface area contributed by atoms with Crippen LogP contribution in [-0.2, 0) is 0 Å². The molecule has 3 N–H and O–H groups in total. The number of nitrogens with two attached hydrogens (primary N) is 1. The van der Waals surface area contributed by atoms with Gasteiger partial charge in [-0.25, -0.2) is 4.98 Å². The molecule has 1 aliphatic rings. The van der Waals surface area contributed by atoms with E-state index in [-0.39, 0.29) is 23.9 Å². The molecule has 1 heterocycles. The van der Waals surface area contributed by atoms with Gasteiger partial charge in [-0.15, -0.1) is 12.4 Å². The van der Waals surface area contributed by atoms with Crippen molar-refractivity contribution in [3.8, 4) is 0 Å². The number of nitrogens with one attached hydrogen (secondary N) is 1. The van der Waals surface area contributed by atoms with Crippen LogP contribution >= 0.6 is 12.4 Å². The molecule has 0 atom stereocenters. The molecule has 0 aliphatic heterocycles. The maximum Gasteiger partial charge on any atom is 0.270 e. The van der Waals surface area contributed by atoms with E-state index < -0.39 is 0 Å². The van der Waals surface area contributed by atoms with E-state index in [2.05, 4.69) is 17.2 Å². The number of pyridine rings is 1. The molecule has 1 fully saturated rings. The van der Waals surface area contributed by atoms with Crippen LogP contribution in [-0.4, -0.2) is 16.4 Å². The number of amides is 1. The Labute approximate surface area is 107 Å². The Balaban J connectivity index is 0.00000144. The zero-order valence-electron chi connectivity index (χ0n) is 9.90. The number of hydrogen-bond acceptors (Lipinski definition) is 3. The number of carbonyl (C=O) groups excluding carboxylic acids is 1. The Morgan fingerprint density at radius 2 is 2.24 bits per heavy atom. The van der Waals surface area contributed by atoms with E-state index in [0.717, 1.165) is 19.3 Å². The molecular weight excluding hydrogens is 238 g/mol. The highest BCUT2D eigenvalue weighted by Gasteiger charge is 2.36. The molecule has 0 spiro atoms. The molecule has 94 valence electrons. The zero-order chi connectivity index (χ0) is 11.6.